The van der Waals surface area contributed by atoms with E-state index in [1.165, 1.54) is 0 Å². The minimum Gasteiger partial charge on any atom is -0.356 e. The molecule has 0 rings (SSSR count). The topological polar surface area (TPSA) is 12.0 Å². The van der Waals surface area contributed by atoms with Crippen LogP contribution in [0.1, 0.15) is 13.8 Å². The second kappa shape index (κ2) is 7.17. The van der Waals surface area contributed by atoms with E-state index in [0.29, 0.717) is 0 Å². The van der Waals surface area contributed by atoms with Gasteiger partial charge in [-0.1, -0.05) is 37.5 Å². The summed E-state index contributed by atoms with van der Waals surface area (Å²) in [6.07, 6.45) is 11.5. The van der Waals surface area contributed by atoms with Crippen LogP contribution in [-0.2, 0) is 0 Å². The van der Waals surface area contributed by atoms with Crippen LogP contribution in [0.3, 0.4) is 0 Å². The maximum Gasteiger partial charge on any atom is 0.0334 e. The molecule has 0 aromatic heterocycles. The fourth-order valence-electron chi connectivity index (χ4n) is 0.751. The summed E-state index contributed by atoms with van der Waals surface area (Å²) >= 11 is 0. The summed E-state index contributed by atoms with van der Waals surface area (Å²) in [6, 6.07) is 0. The lowest BCUT2D eigenvalue weighted by Gasteiger charge is -2.04. The van der Waals surface area contributed by atoms with Crippen LogP contribution in [-0.4, -0.2) is 0 Å². The van der Waals surface area contributed by atoms with E-state index in [0.717, 1.165) is 11.4 Å². The molecule has 0 unspecified atom stereocenters. The highest BCUT2D eigenvalue weighted by Gasteiger charge is 1.87. The van der Waals surface area contributed by atoms with Crippen molar-refractivity contribution in [3.8, 4) is 0 Å². The quantitative estimate of drug-likeness (QED) is 0.632. The Hall–Kier alpha value is -1.50. The van der Waals surface area contributed by atoms with Gasteiger partial charge in [0, 0.05) is 11.4 Å². The molecule has 0 amide bonds. The first-order valence-corrected chi connectivity index (χ1v) is 4.28. The molecule has 1 nitrogen and oxygen atoms in total. The molecule has 70 valence electrons. The fraction of sp³-hybridized carbons (Fsp3) is 0.167. The van der Waals surface area contributed by atoms with Crippen molar-refractivity contribution in [1.82, 2.24) is 5.32 Å². The molecule has 0 aliphatic carbocycles. The monoisotopic (exact) mass is 175 g/mol. The largest absolute Gasteiger partial charge is 0.356 e. The second-order valence-electron chi connectivity index (χ2n) is 2.48. The van der Waals surface area contributed by atoms with Crippen LogP contribution < -0.4 is 5.32 Å². The van der Waals surface area contributed by atoms with Crippen LogP contribution in [0, 0.1) is 0 Å². The van der Waals surface area contributed by atoms with Gasteiger partial charge in [-0.25, -0.2) is 0 Å². The van der Waals surface area contributed by atoms with Gasteiger partial charge in [0.05, 0.1) is 0 Å². The highest BCUT2D eigenvalue weighted by Crippen LogP contribution is 1.96. The first kappa shape index (κ1) is 11.5. The predicted molar refractivity (Wildman–Crippen MR) is 60.2 cm³/mol. The first-order valence-electron chi connectivity index (χ1n) is 4.28. The Morgan fingerprint density at radius 2 is 1.92 bits per heavy atom. The van der Waals surface area contributed by atoms with Crippen LogP contribution in [0.4, 0.5) is 0 Å². The molecule has 0 saturated heterocycles. The Balaban J connectivity index is 4.08. The van der Waals surface area contributed by atoms with Gasteiger partial charge in [-0.3, -0.25) is 0 Å². The number of nitrogens with one attached hydrogen (secondary N) is 1. The molecule has 0 aromatic rings. The van der Waals surface area contributed by atoms with Gasteiger partial charge in [0.2, 0.25) is 0 Å². The average molecular weight is 175 g/mol. The van der Waals surface area contributed by atoms with Gasteiger partial charge in [-0.15, -0.1) is 0 Å². The molecule has 0 radical (unpaired) electrons. The van der Waals surface area contributed by atoms with Gasteiger partial charge in [-0.2, -0.15) is 0 Å². The maximum absolute atomic E-state index is 3.84. The van der Waals surface area contributed by atoms with Gasteiger partial charge >= 0.3 is 0 Å². The second-order valence-corrected chi connectivity index (χ2v) is 2.48. The van der Waals surface area contributed by atoms with E-state index in [2.05, 4.69) is 18.5 Å². The molecule has 1 N–H and O–H groups in total. The summed E-state index contributed by atoms with van der Waals surface area (Å²) in [5, 5.41) is 3.10. The third-order valence-electron chi connectivity index (χ3n) is 1.44. The van der Waals surface area contributed by atoms with Crippen LogP contribution >= 0.6 is 0 Å². The molecule has 0 aliphatic heterocycles. The van der Waals surface area contributed by atoms with Gasteiger partial charge in [-0.05, 0) is 26.0 Å². The molecular formula is C12H17N. The van der Waals surface area contributed by atoms with Crippen LogP contribution in [0.15, 0.2) is 61.0 Å². The lowest BCUT2D eigenvalue weighted by Crippen LogP contribution is -2.07. The number of hydrogen-bond donors (Lipinski definition) is 1. The molecule has 1 heteroatoms. The maximum atomic E-state index is 3.84. The van der Waals surface area contributed by atoms with Crippen molar-refractivity contribution in [1.29, 1.82) is 0 Å². The number of allylic oxidation sites excluding steroid dienone is 6. The van der Waals surface area contributed by atoms with Crippen LogP contribution in [0.2, 0.25) is 0 Å². The van der Waals surface area contributed by atoms with Crippen molar-refractivity contribution >= 4 is 0 Å². The summed E-state index contributed by atoms with van der Waals surface area (Å²) in [4.78, 5) is 0. The molecule has 0 spiro atoms. The van der Waals surface area contributed by atoms with Crippen molar-refractivity contribution < 1.29 is 0 Å². The SMILES string of the molecule is C=C/C(=C\C)NC(=C)/C=C\C=C/C. The van der Waals surface area contributed by atoms with E-state index in [1.54, 1.807) is 6.08 Å². The summed E-state index contributed by atoms with van der Waals surface area (Å²) < 4.78 is 0. The van der Waals surface area contributed by atoms with E-state index < -0.39 is 0 Å². The minimum atomic E-state index is 0.853. The summed E-state index contributed by atoms with van der Waals surface area (Å²) in [5.74, 6) is 0. The summed E-state index contributed by atoms with van der Waals surface area (Å²) in [7, 11) is 0. The van der Waals surface area contributed by atoms with E-state index in [-0.39, 0.29) is 0 Å². The predicted octanol–water partition coefficient (Wildman–Crippen LogP) is 3.31. The number of hydrogen-bond acceptors (Lipinski definition) is 1. The standard InChI is InChI=1S/C12H17N/c1-5-8-9-10-11(4)13-12(6-2)7-3/h5-10,13H,2,4H2,1,3H3/b8-5-,10-9-,12-7+. The highest BCUT2D eigenvalue weighted by atomic mass is 14.9. The van der Waals surface area contributed by atoms with E-state index in [9.17, 15) is 0 Å². The van der Waals surface area contributed by atoms with Gasteiger partial charge in [0.1, 0.15) is 0 Å². The van der Waals surface area contributed by atoms with E-state index in [4.69, 9.17) is 0 Å². The van der Waals surface area contributed by atoms with Crippen LogP contribution in [0.5, 0.6) is 0 Å². The third-order valence-corrected chi connectivity index (χ3v) is 1.44. The summed E-state index contributed by atoms with van der Waals surface area (Å²) in [6.45, 7) is 11.4. The van der Waals surface area contributed by atoms with Crippen molar-refractivity contribution in [2.24, 2.45) is 0 Å². The van der Waals surface area contributed by atoms with E-state index >= 15 is 0 Å². The first-order chi connectivity index (χ1) is 6.24. The molecule has 0 heterocycles. The lowest BCUT2D eigenvalue weighted by atomic mass is 10.3. The Labute approximate surface area is 80.9 Å². The van der Waals surface area contributed by atoms with Gasteiger partial charge in [0.25, 0.3) is 0 Å². The highest BCUT2D eigenvalue weighted by molar-refractivity contribution is 5.25. The molecule has 0 aliphatic rings. The molecular weight excluding hydrogens is 158 g/mol. The third kappa shape index (κ3) is 5.74. The smallest absolute Gasteiger partial charge is 0.0334 e. The Bertz CT molecular complexity index is 254. The van der Waals surface area contributed by atoms with Crippen molar-refractivity contribution in [2.45, 2.75) is 13.8 Å². The fourth-order valence-corrected chi connectivity index (χ4v) is 0.751. The van der Waals surface area contributed by atoms with Crippen molar-refractivity contribution in [3.05, 3.63) is 61.0 Å². The molecule has 0 saturated carbocycles. The number of rotatable bonds is 5. The Morgan fingerprint density at radius 3 is 2.38 bits per heavy atom. The van der Waals surface area contributed by atoms with Crippen LogP contribution in [0.25, 0.3) is 0 Å². The molecule has 0 bridgehead atoms. The normalized spacial score (nSPS) is 12.3. The van der Waals surface area contributed by atoms with Gasteiger partial charge < -0.3 is 5.32 Å². The zero-order chi connectivity index (χ0) is 10.1. The molecule has 0 aromatic carbocycles. The lowest BCUT2D eigenvalue weighted by molar-refractivity contribution is 1.05. The molecule has 13 heavy (non-hydrogen) atoms. The zero-order valence-electron chi connectivity index (χ0n) is 8.38. The van der Waals surface area contributed by atoms with Crippen molar-refractivity contribution in [3.63, 3.8) is 0 Å². The molecule has 0 atom stereocenters. The van der Waals surface area contributed by atoms with Crippen molar-refractivity contribution in [2.75, 3.05) is 0 Å². The molecule has 0 fully saturated rings. The zero-order valence-corrected chi connectivity index (χ0v) is 8.38. The van der Waals surface area contributed by atoms with Gasteiger partial charge in [0.15, 0.2) is 0 Å². The van der Waals surface area contributed by atoms with E-state index in [1.807, 2.05) is 44.2 Å². The summed E-state index contributed by atoms with van der Waals surface area (Å²) in [5.41, 5.74) is 1.82. The minimum absolute atomic E-state index is 0.853. The average Bonchev–Trinajstić information content (AvgIpc) is 2.14. The Kier molecular flexibility index (Phi) is 6.34. The Morgan fingerprint density at radius 1 is 1.23 bits per heavy atom.